The van der Waals surface area contributed by atoms with Crippen molar-refractivity contribution in [3.63, 3.8) is 0 Å². The molecule has 2 saturated heterocycles. The van der Waals surface area contributed by atoms with Crippen molar-refractivity contribution in [1.82, 2.24) is 59.5 Å². The Hall–Kier alpha value is -9.58. The van der Waals surface area contributed by atoms with Crippen LogP contribution in [-0.4, -0.2) is 111 Å². The van der Waals surface area contributed by atoms with Crippen molar-refractivity contribution in [2.45, 2.75) is 38.3 Å². The largest absolute Gasteiger partial charge is 0.354 e. The molecule has 0 radical (unpaired) electrons. The zero-order valence-corrected chi connectivity index (χ0v) is 42.4. The summed E-state index contributed by atoms with van der Waals surface area (Å²) in [5.74, 6) is -0.296. The van der Waals surface area contributed by atoms with Crippen LogP contribution in [0, 0.1) is 0 Å². The second kappa shape index (κ2) is 20.7. The van der Waals surface area contributed by atoms with Crippen LogP contribution in [0.3, 0.4) is 0 Å². The molecule has 12 rings (SSSR count). The summed E-state index contributed by atoms with van der Waals surface area (Å²) in [5.41, 5.74) is 12.9. The van der Waals surface area contributed by atoms with E-state index in [1.807, 2.05) is 50.8 Å². The van der Waals surface area contributed by atoms with Gasteiger partial charge in [-0.1, -0.05) is 24.3 Å². The minimum atomic E-state index is -0.211. The predicted octanol–water partition coefficient (Wildman–Crippen LogP) is 8.56. The van der Waals surface area contributed by atoms with Crippen molar-refractivity contribution in [3.8, 4) is 22.3 Å². The number of benzene rings is 4. The van der Waals surface area contributed by atoms with E-state index in [0.717, 1.165) is 73.1 Å². The third-order valence-electron chi connectivity index (χ3n) is 14.2. The molecule has 8 heterocycles. The topological polar surface area (TPSA) is 210 Å². The lowest BCUT2D eigenvalue weighted by Crippen LogP contribution is -2.48. The van der Waals surface area contributed by atoms with Crippen LogP contribution >= 0.6 is 0 Å². The van der Waals surface area contributed by atoms with E-state index in [1.165, 1.54) is 10.8 Å². The third kappa shape index (κ3) is 10.1. The van der Waals surface area contributed by atoms with E-state index in [1.54, 1.807) is 85.5 Å². The number of hydrogen-bond donors (Lipinski definition) is 4. The number of amides is 4. The fraction of sp³-hybridized carbons (Fsp3) is 0.207. The molecule has 0 aliphatic carbocycles. The van der Waals surface area contributed by atoms with Crippen LogP contribution in [0.2, 0.25) is 0 Å². The smallest absolute Gasteiger partial charge is 0.253 e. The zero-order chi connectivity index (χ0) is 52.5. The highest BCUT2D eigenvalue weighted by Gasteiger charge is 2.28. The normalized spacial score (nSPS) is 15.4. The molecular formula is C58H54N14O4. The quantitative estimate of drug-likeness (QED) is 0.102. The Labute approximate surface area is 437 Å². The first-order chi connectivity index (χ1) is 36.9. The molecule has 76 heavy (non-hydrogen) atoms. The van der Waals surface area contributed by atoms with E-state index in [-0.39, 0.29) is 35.7 Å². The first kappa shape index (κ1) is 48.7. The van der Waals surface area contributed by atoms with Crippen molar-refractivity contribution in [2.75, 3.05) is 37.3 Å². The first-order valence-corrected chi connectivity index (χ1v) is 25.1. The van der Waals surface area contributed by atoms with Crippen LogP contribution in [0.25, 0.3) is 66.1 Å². The molecule has 6 aromatic heterocycles. The van der Waals surface area contributed by atoms with Crippen LogP contribution in [0.4, 0.5) is 22.7 Å². The van der Waals surface area contributed by atoms with Crippen LogP contribution < -0.4 is 21.3 Å². The maximum absolute atomic E-state index is 13.2. The van der Waals surface area contributed by atoms with Gasteiger partial charge in [0.25, 0.3) is 11.8 Å². The molecule has 0 bridgehead atoms. The number of anilines is 4. The number of piperidine rings is 1. The van der Waals surface area contributed by atoms with Gasteiger partial charge in [0.1, 0.15) is 0 Å². The van der Waals surface area contributed by atoms with Gasteiger partial charge in [-0.2, -0.15) is 0 Å². The van der Waals surface area contributed by atoms with Gasteiger partial charge in [0.05, 0.1) is 57.0 Å². The lowest BCUT2D eigenvalue weighted by molar-refractivity contribution is -0.132. The minimum absolute atomic E-state index is 0.0227. The van der Waals surface area contributed by atoms with Crippen molar-refractivity contribution in [1.29, 1.82) is 0 Å². The van der Waals surface area contributed by atoms with E-state index >= 15 is 0 Å². The molecule has 380 valence electrons. The number of nitrogens with one attached hydrogen (secondary N) is 4. The van der Waals surface area contributed by atoms with Crippen LogP contribution in [0.5, 0.6) is 0 Å². The number of likely N-dealkylation sites (N-methyl/N-ethyl adjacent to an activating group) is 1. The van der Waals surface area contributed by atoms with Crippen LogP contribution in [0.15, 0.2) is 147 Å². The Balaban J connectivity index is 0.000000162. The summed E-state index contributed by atoms with van der Waals surface area (Å²) in [4.78, 5) is 80.2. The van der Waals surface area contributed by atoms with Crippen molar-refractivity contribution < 1.29 is 19.2 Å². The van der Waals surface area contributed by atoms with Gasteiger partial charge in [-0.25, -0.2) is 0 Å². The van der Waals surface area contributed by atoms with Crippen molar-refractivity contribution in [3.05, 3.63) is 158 Å². The fourth-order valence-corrected chi connectivity index (χ4v) is 10.1. The van der Waals surface area contributed by atoms with E-state index in [2.05, 4.69) is 109 Å². The van der Waals surface area contributed by atoms with Crippen LogP contribution in [-0.2, 0) is 23.7 Å². The third-order valence-corrected chi connectivity index (χ3v) is 14.2. The minimum Gasteiger partial charge on any atom is -0.354 e. The molecule has 2 unspecified atom stereocenters. The van der Waals surface area contributed by atoms with Gasteiger partial charge in [-0.15, -0.1) is 0 Å². The molecule has 4 aromatic carbocycles. The van der Waals surface area contributed by atoms with Gasteiger partial charge in [0.2, 0.25) is 11.8 Å². The standard InChI is InChI=1S/2C29H27N7O2/c1-18(37)36-12-7-21(17-36)34-29(38)23-5-8-30-16-26(23)33-22-14-24(28-25(15-22)31-9-10-32-28)20-4-3-19-6-11-35(2)27(19)13-20;1-35-12-8-18-3-4-19(13-26(18)35)23-14-21(15-24-28(23)32-11-10-31-24)33-25-16-30-9-7-22(25)29(38)34-20-5-6-27(37)36(2)17-20/h3-6,8-11,13-16,21,33H,7,12,17H2,1-2H3,(H,34,38);3-4,7-16,20,33H,5-6,17H2,1-2H3,(H,34,38). The number of aromatic nitrogens is 8. The van der Waals surface area contributed by atoms with Crippen LogP contribution in [0.1, 0.15) is 46.9 Å². The first-order valence-electron chi connectivity index (χ1n) is 25.1. The number of carbonyl (C=O) groups is 4. The summed E-state index contributed by atoms with van der Waals surface area (Å²) in [6.07, 6.45) is 19.1. The summed E-state index contributed by atoms with van der Waals surface area (Å²) in [6, 6.07) is 28.0. The molecule has 0 spiro atoms. The Kier molecular flexibility index (Phi) is 13.3. The van der Waals surface area contributed by atoms with E-state index in [0.29, 0.717) is 55.0 Å². The maximum atomic E-state index is 13.2. The van der Waals surface area contributed by atoms with E-state index in [4.69, 9.17) is 0 Å². The second-order valence-electron chi connectivity index (χ2n) is 19.3. The molecule has 2 aliphatic rings. The number of fused-ring (bicyclic) bond motifs is 4. The molecule has 4 N–H and O–H groups in total. The maximum Gasteiger partial charge on any atom is 0.253 e. The highest BCUT2D eigenvalue weighted by atomic mass is 16.2. The Bertz CT molecular complexity index is 3890. The molecule has 2 aliphatic heterocycles. The van der Waals surface area contributed by atoms with Crippen molar-refractivity contribution >= 4 is 90.3 Å². The molecule has 18 heteroatoms. The number of pyridine rings is 2. The average Bonchev–Trinajstić information content (AvgIpc) is 4.22. The van der Waals surface area contributed by atoms with Gasteiger partial charge >= 0.3 is 0 Å². The number of rotatable bonds is 10. The molecule has 2 fully saturated rings. The van der Waals surface area contributed by atoms with Gasteiger partial charge < -0.3 is 40.2 Å². The molecule has 10 aromatic rings. The number of aryl methyl sites for hydroxylation is 2. The summed E-state index contributed by atoms with van der Waals surface area (Å²) in [7, 11) is 5.82. The predicted molar refractivity (Wildman–Crippen MR) is 294 cm³/mol. The number of carbonyl (C=O) groups excluding carboxylic acids is 4. The van der Waals surface area contributed by atoms with E-state index < -0.39 is 0 Å². The lowest BCUT2D eigenvalue weighted by Gasteiger charge is -2.30. The Morgan fingerprint density at radius 1 is 0.566 bits per heavy atom. The summed E-state index contributed by atoms with van der Waals surface area (Å²) < 4.78 is 4.19. The zero-order valence-electron chi connectivity index (χ0n) is 42.4. The summed E-state index contributed by atoms with van der Waals surface area (Å²) in [6.45, 7) is 3.22. The highest BCUT2D eigenvalue weighted by molar-refractivity contribution is 6.03. The van der Waals surface area contributed by atoms with E-state index in [9.17, 15) is 19.2 Å². The monoisotopic (exact) mass is 1010 g/mol. The number of hydrogen-bond acceptors (Lipinski definition) is 12. The Morgan fingerprint density at radius 3 is 1.55 bits per heavy atom. The molecular weight excluding hydrogens is 957 g/mol. The highest BCUT2D eigenvalue weighted by Crippen LogP contribution is 2.36. The van der Waals surface area contributed by atoms with Crippen molar-refractivity contribution in [2.24, 2.45) is 14.1 Å². The molecule has 4 amide bonds. The number of nitrogens with zero attached hydrogens (tertiary/aromatic N) is 10. The lowest BCUT2D eigenvalue weighted by atomic mass is 10.0. The Morgan fingerprint density at radius 2 is 1.07 bits per heavy atom. The molecule has 0 saturated carbocycles. The number of likely N-dealkylation sites (tertiary alicyclic amines) is 2. The average molecular weight is 1010 g/mol. The summed E-state index contributed by atoms with van der Waals surface area (Å²) >= 11 is 0. The molecule has 2 atom stereocenters. The van der Waals surface area contributed by atoms with Gasteiger partial charge in [-0.05, 0) is 95.4 Å². The van der Waals surface area contributed by atoms with Gasteiger partial charge in [0, 0.05) is 149 Å². The van der Waals surface area contributed by atoms with Gasteiger partial charge in [0.15, 0.2) is 0 Å². The SMILES string of the molecule is CC(=O)N1CCC(NC(=O)c2ccncc2Nc2cc(-c3ccc4ccn(C)c4c3)c3nccnc3c2)C1.CN1CC(NC(=O)c2ccncc2Nc2cc(-c3ccc4ccn(C)c4c3)c3nccnc3c2)CCC1=O. The van der Waals surface area contributed by atoms with Gasteiger partial charge in [-0.3, -0.25) is 49.1 Å². The summed E-state index contributed by atoms with van der Waals surface area (Å²) in [5, 5.41) is 15.3. The molecule has 18 nitrogen and oxygen atoms in total. The second-order valence-corrected chi connectivity index (χ2v) is 19.3. The fourth-order valence-electron chi connectivity index (χ4n) is 10.1.